The van der Waals surface area contributed by atoms with Crippen LogP contribution >= 0.6 is 0 Å². The largest absolute Gasteiger partial charge is 0.459 e. The van der Waals surface area contributed by atoms with E-state index in [1.165, 1.54) is 25.7 Å². The van der Waals surface area contributed by atoms with Gasteiger partial charge >= 0.3 is 5.97 Å². The van der Waals surface area contributed by atoms with Crippen LogP contribution in [0.15, 0.2) is 0 Å². The predicted molar refractivity (Wildman–Crippen MR) is 61.6 cm³/mol. The van der Waals surface area contributed by atoms with Gasteiger partial charge in [-0.05, 0) is 39.0 Å². The third-order valence-corrected chi connectivity index (χ3v) is 3.72. The van der Waals surface area contributed by atoms with Crippen molar-refractivity contribution in [1.29, 1.82) is 0 Å². The van der Waals surface area contributed by atoms with E-state index in [9.17, 15) is 4.79 Å². The molecular formula is C13H24O2. The molecule has 0 heterocycles. The summed E-state index contributed by atoms with van der Waals surface area (Å²) in [6.45, 7) is 8.08. The molecule has 0 N–H and O–H groups in total. The molecule has 0 aromatic heterocycles. The van der Waals surface area contributed by atoms with Gasteiger partial charge in [0.25, 0.3) is 0 Å². The van der Waals surface area contributed by atoms with E-state index in [4.69, 9.17) is 4.74 Å². The Kier molecular flexibility index (Phi) is 4.18. The molecule has 1 aliphatic rings. The van der Waals surface area contributed by atoms with Crippen molar-refractivity contribution < 1.29 is 9.53 Å². The Hall–Kier alpha value is -0.530. The second kappa shape index (κ2) is 5.00. The maximum Gasteiger partial charge on any atom is 0.309 e. The lowest BCUT2D eigenvalue weighted by molar-refractivity contribution is -0.166. The van der Waals surface area contributed by atoms with Crippen molar-refractivity contribution in [3.63, 3.8) is 0 Å². The zero-order chi connectivity index (χ0) is 11.5. The van der Waals surface area contributed by atoms with Gasteiger partial charge in [0.1, 0.15) is 5.60 Å². The highest BCUT2D eigenvalue weighted by atomic mass is 16.6. The molecule has 2 nitrogen and oxygen atoms in total. The first-order valence-corrected chi connectivity index (χ1v) is 6.20. The summed E-state index contributed by atoms with van der Waals surface area (Å²) in [5.41, 5.74) is -0.267. The molecule has 88 valence electrons. The van der Waals surface area contributed by atoms with Crippen LogP contribution < -0.4 is 0 Å². The molecule has 1 aliphatic carbocycles. The Morgan fingerprint density at radius 3 is 2.40 bits per heavy atom. The van der Waals surface area contributed by atoms with Crippen LogP contribution in [-0.4, -0.2) is 11.6 Å². The van der Waals surface area contributed by atoms with Crippen molar-refractivity contribution in [3.05, 3.63) is 0 Å². The van der Waals surface area contributed by atoms with Gasteiger partial charge in [-0.3, -0.25) is 4.79 Å². The molecule has 0 amide bonds. The molecule has 2 heteroatoms. The molecule has 1 atom stereocenters. The lowest BCUT2D eigenvalue weighted by atomic mass is 9.89. The number of carbonyl (C=O) groups excluding carboxylic acids is 1. The molecular weight excluding hydrogens is 188 g/mol. The predicted octanol–water partition coefficient (Wildman–Crippen LogP) is 3.54. The second-order valence-electron chi connectivity index (χ2n) is 5.32. The van der Waals surface area contributed by atoms with Crippen LogP contribution in [0.4, 0.5) is 0 Å². The summed E-state index contributed by atoms with van der Waals surface area (Å²) in [5.74, 6) is 0.561. The molecule has 0 aromatic carbocycles. The lowest BCUT2D eigenvalue weighted by Gasteiger charge is -2.32. The quantitative estimate of drug-likeness (QED) is 0.666. The van der Waals surface area contributed by atoms with E-state index in [-0.39, 0.29) is 17.5 Å². The van der Waals surface area contributed by atoms with Gasteiger partial charge in [-0.15, -0.1) is 0 Å². The third kappa shape index (κ3) is 3.22. The molecule has 1 unspecified atom stereocenters. The standard InChI is InChI=1S/C13H24O2/c1-5-10(2)12(14)15-13(3,4)11-8-6-7-9-11/h10-11H,5-9H2,1-4H3. The smallest absolute Gasteiger partial charge is 0.309 e. The van der Waals surface area contributed by atoms with Crippen LogP contribution in [0.5, 0.6) is 0 Å². The minimum atomic E-state index is -0.267. The Labute approximate surface area is 93.4 Å². The summed E-state index contributed by atoms with van der Waals surface area (Å²) in [5, 5.41) is 0. The van der Waals surface area contributed by atoms with E-state index < -0.39 is 0 Å². The Morgan fingerprint density at radius 2 is 1.93 bits per heavy atom. The SMILES string of the molecule is CCC(C)C(=O)OC(C)(C)C1CCCC1. The van der Waals surface area contributed by atoms with Crippen molar-refractivity contribution in [2.24, 2.45) is 11.8 Å². The number of ether oxygens (including phenoxy) is 1. The molecule has 15 heavy (non-hydrogen) atoms. The Balaban J connectivity index is 2.50. The highest BCUT2D eigenvalue weighted by Crippen LogP contribution is 2.36. The van der Waals surface area contributed by atoms with E-state index in [0.29, 0.717) is 5.92 Å². The van der Waals surface area contributed by atoms with Crippen LogP contribution in [0.2, 0.25) is 0 Å². The maximum absolute atomic E-state index is 11.7. The number of rotatable bonds is 4. The van der Waals surface area contributed by atoms with Crippen LogP contribution in [0.3, 0.4) is 0 Å². The molecule has 1 rings (SSSR count). The fourth-order valence-corrected chi connectivity index (χ4v) is 2.23. The highest BCUT2D eigenvalue weighted by molar-refractivity contribution is 5.72. The number of carbonyl (C=O) groups is 1. The van der Waals surface area contributed by atoms with Gasteiger partial charge in [-0.1, -0.05) is 26.7 Å². The summed E-state index contributed by atoms with van der Waals surface area (Å²) >= 11 is 0. The zero-order valence-corrected chi connectivity index (χ0v) is 10.5. The van der Waals surface area contributed by atoms with Crippen LogP contribution in [0, 0.1) is 11.8 Å². The summed E-state index contributed by atoms with van der Waals surface area (Å²) < 4.78 is 5.64. The normalized spacial score (nSPS) is 20.3. The van der Waals surface area contributed by atoms with Crippen molar-refractivity contribution in [2.75, 3.05) is 0 Å². The first kappa shape index (κ1) is 12.5. The summed E-state index contributed by atoms with van der Waals surface area (Å²) in [4.78, 5) is 11.7. The molecule has 1 fully saturated rings. The fraction of sp³-hybridized carbons (Fsp3) is 0.923. The molecule has 0 radical (unpaired) electrons. The third-order valence-electron chi connectivity index (χ3n) is 3.72. The maximum atomic E-state index is 11.7. The first-order valence-electron chi connectivity index (χ1n) is 6.20. The van der Waals surface area contributed by atoms with Crippen LogP contribution in [-0.2, 0) is 9.53 Å². The minimum Gasteiger partial charge on any atom is -0.459 e. The average molecular weight is 212 g/mol. The number of hydrogen-bond acceptors (Lipinski definition) is 2. The Morgan fingerprint density at radius 1 is 1.40 bits per heavy atom. The second-order valence-corrected chi connectivity index (χ2v) is 5.32. The van der Waals surface area contributed by atoms with Gasteiger partial charge < -0.3 is 4.74 Å². The Bertz CT molecular complexity index is 215. The molecule has 0 spiro atoms. The van der Waals surface area contributed by atoms with Gasteiger partial charge in [0.2, 0.25) is 0 Å². The van der Waals surface area contributed by atoms with Crippen molar-refractivity contribution >= 4 is 5.97 Å². The molecule has 1 saturated carbocycles. The van der Waals surface area contributed by atoms with E-state index in [1.54, 1.807) is 0 Å². The molecule has 0 bridgehead atoms. The average Bonchev–Trinajstić information content (AvgIpc) is 2.69. The molecule has 0 aliphatic heterocycles. The summed E-state index contributed by atoms with van der Waals surface area (Å²) in [7, 11) is 0. The van der Waals surface area contributed by atoms with E-state index in [2.05, 4.69) is 13.8 Å². The van der Waals surface area contributed by atoms with Crippen molar-refractivity contribution in [1.82, 2.24) is 0 Å². The van der Waals surface area contributed by atoms with Gasteiger partial charge in [-0.2, -0.15) is 0 Å². The zero-order valence-electron chi connectivity index (χ0n) is 10.5. The fourth-order valence-electron chi connectivity index (χ4n) is 2.23. The first-order chi connectivity index (χ1) is 6.97. The minimum absolute atomic E-state index is 0.0330. The number of hydrogen-bond donors (Lipinski definition) is 0. The number of esters is 1. The van der Waals surface area contributed by atoms with Crippen molar-refractivity contribution in [3.8, 4) is 0 Å². The highest BCUT2D eigenvalue weighted by Gasteiger charge is 2.35. The van der Waals surface area contributed by atoms with Gasteiger partial charge in [-0.25, -0.2) is 0 Å². The summed E-state index contributed by atoms with van der Waals surface area (Å²) in [6, 6.07) is 0. The molecule has 0 saturated heterocycles. The monoisotopic (exact) mass is 212 g/mol. The topological polar surface area (TPSA) is 26.3 Å². The van der Waals surface area contributed by atoms with E-state index in [1.807, 2.05) is 13.8 Å². The lowest BCUT2D eigenvalue weighted by Crippen LogP contribution is -2.37. The molecule has 0 aromatic rings. The van der Waals surface area contributed by atoms with Gasteiger partial charge in [0.05, 0.1) is 5.92 Å². The van der Waals surface area contributed by atoms with Gasteiger partial charge in [0, 0.05) is 0 Å². The van der Waals surface area contributed by atoms with E-state index >= 15 is 0 Å². The van der Waals surface area contributed by atoms with Crippen LogP contribution in [0.1, 0.15) is 59.8 Å². The summed E-state index contributed by atoms with van der Waals surface area (Å²) in [6.07, 6.45) is 5.85. The van der Waals surface area contributed by atoms with Crippen molar-refractivity contribution in [2.45, 2.75) is 65.4 Å². The van der Waals surface area contributed by atoms with E-state index in [0.717, 1.165) is 6.42 Å². The van der Waals surface area contributed by atoms with Gasteiger partial charge in [0.15, 0.2) is 0 Å². The van der Waals surface area contributed by atoms with Crippen LogP contribution in [0.25, 0.3) is 0 Å².